The van der Waals surface area contributed by atoms with Crippen LogP contribution in [0.3, 0.4) is 0 Å². The van der Waals surface area contributed by atoms with Crippen LogP contribution in [0.15, 0.2) is 93.1 Å². The summed E-state index contributed by atoms with van der Waals surface area (Å²) in [6.45, 7) is 18.4. The molecule has 5 rings (SSSR count). The maximum Gasteiger partial charge on any atom is 0.295 e. The molecule has 0 amide bonds. The normalized spacial score (nSPS) is 12.3. The van der Waals surface area contributed by atoms with E-state index in [9.17, 15) is 47.8 Å². The van der Waals surface area contributed by atoms with E-state index in [1.165, 1.54) is 36.4 Å². The Morgan fingerprint density at radius 1 is 0.490 bits per heavy atom. The zero-order chi connectivity index (χ0) is 75.5. The van der Waals surface area contributed by atoms with Crippen LogP contribution in [0.25, 0.3) is 33.4 Å². The minimum absolute atomic E-state index is 0.0294. The van der Waals surface area contributed by atoms with Gasteiger partial charge in [0, 0.05) is 91.3 Å². The zero-order valence-corrected chi connectivity index (χ0v) is 64.2. The van der Waals surface area contributed by atoms with Crippen LogP contribution in [0.1, 0.15) is 61.3 Å². The first kappa shape index (κ1) is 89.3. The molecule has 0 unspecified atom stereocenters. The Hall–Kier alpha value is -5.35. The lowest BCUT2D eigenvalue weighted by atomic mass is 9.93. The van der Waals surface area contributed by atoms with Crippen molar-refractivity contribution in [2.75, 3.05) is 247 Å². The molecule has 0 spiro atoms. The average Bonchev–Trinajstić information content (AvgIpc) is 0.739. The largest absolute Gasteiger partial charge is 0.456 e. The minimum Gasteiger partial charge on any atom is -0.456 e. The summed E-state index contributed by atoms with van der Waals surface area (Å²) in [6.07, 6.45) is -0.220. The van der Waals surface area contributed by atoms with Gasteiger partial charge in [-0.25, -0.2) is 34.6 Å². The predicted octanol–water partition coefficient (Wildman–Crippen LogP) is 5.17. The fourth-order valence-corrected chi connectivity index (χ4v) is 15.5. The molecule has 1 heterocycles. The summed E-state index contributed by atoms with van der Waals surface area (Å²) in [5, 5.41) is 1.38. The Morgan fingerprint density at radius 3 is 1.32 bits per heavy atom. The molecular weight excluding hydrogens is 1440 g/mol. The number of hydrogen-bond donors (Lipinski definition) is 2. The number of carbonyl (C=O) groups excluding carboxylic acids is 2. The molecule has 0 aromatic heterocycles. The van der Waals surface area contributed by atoms with Gasteiger partial charge in [-0.05, 0) is 64.4 Å². The number of carbonyl (C=O) groups is 2. The van der Waals surface area contributed by atoms with Crippen molar-refractivity contribution in [3.63, 3.8) is 0 Å². The van der Waals surface area contributed by atoms with Crippen molar-refractivity contribution in [3.8, 4) is 22.5 Å². The third kappa shape index (κ3) is 33.0. The number of nitrogens with zero attached hydrogens (tertiary/aromatic N) is 2. The fourth-order valence-electron chi connectivity index (χ4n) is 10.6. The van der Waals surface area contributed by atoms with Crippen LogP contribution in [0.2, 0.25) is 0 Å². The van der Waals surface area contributed by atoms with Gasteiger partial charge in [-0.1, -0.05) is 30.3 Å². The van der Waals surface area contributed by atoms with Crippen LogP contribution in [0.4, 0.5) is 5.69 Å². The van der Waals surface area contributed by atoms with Gasteiger partial charge in [-0.2, -0.15) is 8.42 Å². The van der Waals surface area contributed by atoms with E-state index >= 15 is 0 Å². The van der Waals surface area contributed by atoms with E-state index in [4.69, 9.17) is 70.7 Å². The van der Waals surface area contributed by atoms with Crippen LogP contribution < -0.4 is 19.6 Å². The average molecular weight is 1550 g/mol. The summed E-state index contributed by atoms with van der Waals surface area (Å²) < 4.78 is 206. The molecule has 0 bridgehead atoms. The van der Waals surface area contributed by atoms with Crippen molar-refractivity contribution in [1.82, 2.24) is 9.30 Å². The highest BCUT2D eigenvalue weighted by Gasteiger charge is 2.32. The van der Waals surface area contributed by atoms with Crippen molar-refractivity contribution < 1.29 is 119 Å². The number of hydrogen-bond acceptors (Lipinski definition) is 26. The number of fused-ring (bicyclic) bond motifs is 2. The van der Waals surface area contributed by atoms with Crippen LogP contribution in [0.5, 0.6) is 0 Å². The lowest BCUT2D eigenvalue weighted by Gasteiger charge is -2.22. The lowest BCUT2D eigenvalue weighted by Crippen LogP contribution is -2.34. The molecular formula is C71H108N3O26S4+. The number of sulfone groups is 2. The zero-order valence-electron chi connectivity index (χ0n) is 60.9. The Bertz CT molecular complexity index is 3740. The van der Waals surface area contributed by atoms with Crippen LogP contribution in [-0.4, -0.2) is 292 Å². The lowest BCUT2D eigenvalue weighted by molar-refractivity contribution is -0.0186. The minimum atomic E-state index is -5.08. The molecule has 586 valence electrons. The Labute approximate surface area is 613 Å². The summed E-state index contributed by atoms with van der Waals surface area (Å²) in [4.78, 5) is 28.7. The van der Waals surface area contributed by atoms with Gasteiger partial charge >= 0.3 is 0 Å². The standard InChI is InChI=1S/C71H107N3O26S4/c1-7-73(8-2)60-17-20-63-67(52-60)100-68-53-61(74(9-3)10-4)18-21-64(68)70(63)65-22-19-62(54-69(65)104(83,84)85)103(81,82)72-23-11-12-66(75)57-13-15-58(16-14-57)71(76)59(55-101(77,78)50-48-98-46-44-96-42-40-94-38-36-92-34-32-90-30-28-88-26-24-86-5)56-102(79,80)51-49-99-47-45-97-43-41-95-39-37-93-35-33-91-31-29-89-27-25-87-6/h13-22,52-54,59,72H,7-12,23-51,55-56H2,1-6H3/p+1. The molecule has 33 heteroatoms. The van der Waals surface area contributed by atoms with Crippen LogP contribution in [0, 0.1) is 5.92 Å². The number of rotatable bonds is 62. The number of methoxy groups -OCH3 is 2. The highest BCUT2D eigenvalue weighted by atomic mass is 32.2. The van der Waals surface area contributed by atoms with Gasteiger partial charge in [0.25, 0.3) is 10.1 Å². The molecule has 0 saturated carbocycles. The van der Waals surface area contributed by atoms with Crippen molar-refractivity contribution in [3.05, 3.63) is 95.3 Å². The number of ketones is 2. The molecule has 0 fully saturated rings. The van der Waals surface area contributed by atoms with E-state index in [0.717, 1.165) is 17.1 Å². The van der Waals surface area contributed by atoms with Crippen LogP contribution >= 0.6 is 0 Å². The second-order valence-electron chi connectivity index (χ2n) is 23.4. The summed E-state index contributed by atoms with van der Waals surface area (Å²) in [5.74, 6) is -5.11. The van der Waals surface area contributed by atoms with Crippen molar-refractivity contribution in [2.24, 2.45) is 5.92 Å². The second kappa shape index (κ2) is 49.6. The van der Waals surface area contributed by atoms with E-state index in [2.05, 4.69) is 14.2 Å². The smallest absolute Gasteiger partial charge is 0.295 e. The maximum atomic E-state index is 14.2. The highest BCUT2D eigenvalue weighted by Crippen LogP contribution is 2.43. The summed E-state index contributed by atoms with van der Waals surface area (Å²) in [7, 11) is -14.6. The van der Waals surface area contributed by atoms with Crippen molar-refractivity contribution >= 4 is 68.0 Å². The molecule has 29 nitrogen and oxygen atoms in total. The SMILES string of the molecule is CCN(CC)c1ccc2c(-c3ccc(S(=O)(=O)NCCCC(=O)c4ccc(C(=O)C(CS(=O)(=O)CCOCCOCCOCCOCCOCCOCCOC)CS(=O)(=O)CCOCCOCCOCCOCCOCCOCCOC)cc4)cc3S(=O)(=O)O)c3ccc(=[N+](CC)CC)cc-3oc2c1. The topological polar surface area (TPSA) is 352 Å². The van der Waals surface area contributed by atoms with Gasteiger partial charge in [-0.3, -0.25) is 14.1 Å². The van der Waals surface area contributed by atoms with Crippen LogP contribution in [-0.2, 0) is 106 Å². The fraction of sp³-hybridized carbons (Fsp3) is 0.620. The van der Waals surface area contributed by atoms with Gasteiger partial charge in [0.1, 0.15) is 29.3 Å². The maximum absolute atomic E-state index is 14.2. The quantitative estimate of drug-likeness (QED) is 0.0167. The third-order valence-electron chi connectivity index (χ3n) is 16.1. The molecule has 3 aromatic rings. The molecule has 2 N–H and O–H groups in total. The molecule has 1 aliphatic heterocycles. The Balaban J connectivity index is 1.15. The number of anilines is 1. The van der Waals surface area contributed by atoms with E-state index in [-0.39, 0.29) is 102 Å². The molecule has 2 aliphatic rings. The Morgan fingerprint density at radius 2 is 0.904 bits per heavy atom. The molecule has 0 saturated heterocycles. The number of Topliss-reactive ketones (excluding diaryl/α,β-unsaturated/α-hetero) is 2. The number of benzene rings is 4. The molecule has 104 heavy (non-hydrogen) atoms. The van der Waals surface area contributed by atoms with E-state index in [1.807, 2.05) is 64.1 Å². The molecule has 1 aliphatic carbocycles. The molecule has 3 aromatic carbocycles. The van der Waals surface area contributed by atoms with Crippen molar-refractivity contribution in [2.45, 2.75) is 50.3 Å². The second-order valence-corrected chi connectivity index (χ2v) is 31.1. The first-order chi connectivity index (χ1) is 50.1. The summed E-state index contributed by atoms with van der Waals surface area (Å²) in [6, 6.07) is 19.8. The van der Waals surface area contributed by atoms with E-state index in [1.54, 1.807) is 14.2 Å². The van der Waals surface area contributed by atoms with Gasteiger partial charge in [0.2, 0.25) is 15.4 Å². The van der Waals surface area contributed by atoms with Crippen molar-refractivity contribution in [1.29, 1.82) is 0 Å². The van der Waals surface area contributed by atoms with E-state index in [0.29, 0.717) is 160 Å². The first-order valence-electron chi connectivity index (χ1n) is 35.1. The van der Waals surface area contributed by atoms with Gasteiger partial charge in [0.05, 0.1) is 212 Å². The summed E-state index contributed by atoms with van der Waals surface area (Å²) in [5.41, 5.74) is 2.31. The number of ether oxygens (including phenoxy) is 14. The monoisotopic (exact) mass is 1550 g/mol. The Kier molecular flexibility index (Phi) is 42.6. The molecule has 0 radical (unpaired) electrons. The highest BCUT2D eigenvalue weighted by molar-refractivity contribution is 7.92. The number of nitrogens with one attached hydrogen (secondary N) is 1. The molecule has 0 atom stereocenters. The third-order valence-corrected chi connectivity index (χ3v) is 21.8. The van der Waals surface area contributed by atoms with E-state index < -0.39 is 90.1 Å². The number of sulfonamides is 1. The first-order valence-corrected chi connectivity index (χ1v) is 41.6. The predicted molar refractivity (Wildman–Crippen MR) is 392 cm³/mol. The summed E-state index contributed by atoms with van der Waals surface area (Å²) >= 11 is 0. The van der Waals surface area contributed by atoms with Gasteiger partial charge in [-0.15, -0.1) is 0 Å². The van der Waals surface area contributed by atoms with Gasteiger partial charge < -0.3 is 75.6 Å². The van der Waals surface area contributed by atoms with Gasteiger partial charge in [0.15, 0.2) is 31.2 Å².